The number of H-pyrrole nitrogens is 2. The number of benzene rings is 1. The summed E-state index contributed by atoms with van der Waals surface area (Å²) in [5, 5.41) is 0. The minimum atomic E-state index is -0.650. The molecule has 3 rings (SSSR count). The molecule has 0 saturated carbocycles. The van der Waals surface area contributed by atoms with Crippen LogP contribution in [0.2, 0.25) is 0 Å². The molecule has 2 aromatic rings. The Balaban J connectivity index is 1.51. The normalized spacial score (nSPS) is 15.7. The van der Waals surface area contributed by atoms with Crippen molar-refractivity contribution in [3.63, 3.8) is 0 Å². The fourth-order valence-corrected chi connectivity index (χ4v) is 3.41. The molecule has 0 atom stereocenters. The third-order valence-corrected chi connectivity index (χ3v) is 4.88. The predicted molar refractivity (Wildman–Crippen MR) is 99.1 cm³/mol. The number of nitrogens with zero attached hydrogens (tertiary/aromatic N) is 2. The third-order valence-electron chi connectivity index (χ3n) is 4.88. The Hall–Kier alpha value is -2.67. The number of rotatable bonds is 5. The van der Waals surface area contributed by atoms with Crippen LogP contribution in [0.1, 0.15) is 28.8 Å². The molecule has 0 unspecified atom stereocenters. The first-order valence-corrected chi connectivity index (χ1v) is 8.86. The van der Waals surface area contributed by atoms with E-state index in [2.05, 4.69) is 39.1 Å². The Morgan fingerprint density at radius 2 is 1.88 bits per heavy atom. The molecule has 7 heteroatoms. The molecule has 2 heterocycles. The lowest BCUT2D eigenvalue weighted by molar-refractivity contribution is 0.0735. The molecule has 138 valence electrons. The fraction of sp³-hybridized carbons (Fsp3) is 0.421. The van der Waals surface area contributed by atoms with E-state index in [1.54, 1.807) is 11.9 Å². The van der Waals surface area contributed by atoms with Crippen molar-refractivity contribution >= 4 is 5.91 Å². The van der Waals surface area contributed by atoms with Crippen LogP contribution in [0.3, 0.4) is 0 Å². The first-order valence-electron chi connectivity index (χ1n) is 8.86. The van der Waals surface area contributed by atoms with Crippen LogP contribution in [0.5, 0.6) is 0 Å². The minimum Gasteiger partial charge on any atom is -0.341 e. The van der Waals surface area contributed by atoms with Gasteiger partial charge in [-0.25, -0.2) is 4.79 Å². The molecule has 7 nitrogen and oxygen atoms in total. The van der Waals surface area contributed by atoms with E-state index in [1.165, 1.54) is 11.8 Å². The molecule has 0 bridgehead atoms. The fourth-order valence-electron chi connectivity index (χ4n) is 3.41. The van der Waals surface area contributed by atoms with E-state index < -0.39 is 11.2 Å². The van der Waals surface area contributed by atoms with Crippen molar-refractivity contribution in [1.82, 2.24) is 19.8 Å². The predicted octanol–water partition coefficient (Wildman–Crippen LogP) is 1.05. The number of amides is 1. The maximum Gasteiger partial charge on any atom is 0.325 e. The number of piperidine rings is 1. The number of likely N-dealkylation sites (tertiary alicyclic amines) is 1. The number of hydrogen-bond donors (Lipinski definition) is 2. The number of carbonyl (C=O) groups is 1. The number of aromatic amines is 2. The van der Waals surface area contributed by atoms with Gasteiger partial charge in [0.1, 0.15) is 5.56 Å². The maximum atomic E-state index is 12.4. The van der Waals surface area contributed by atoms with E-state index in [-0.39, 0.29) is 11.5 Å². The minimum absolute atomic E-state index is 0.0337. The molecule has 1 saturated heterocycles. The van der Waals surface area contributed by atoms with Gasteiger partial charge in [0.2, 0.25) is 0 Å². The maximum absolute atomic E-state index is 12.4. The van der Waals surface area contributed by atoms with Crippen molar-refractivity contribution in [1.29, 1.82) is 0 Å². The Kier molecular flexibility index (Phi) is 5.68. The standard InChI is InChI=1S/C19H24N4O3/c1-22(18(25)16-11-20-19(26)21-17(16)24)12-15-7-9-23(10-8-15)13-14-5-3-2-4-6-14/h2-6,11,15H,7-10,12-13H2,1H3,(H2,20,21,24,26). The number of carbonyl (C=O) groups excluding carboxylic acids is 1. The smallest absolute Gasteiger partial charge is 0.325 e. The van der Waals surface area contributed by atoms with Crippen LogP contribution in [0.15, 0.2) is 46.1 Å². The molecule has 1 aliphatic heterocycles. The monoisotopic (exact) mass is 356 g/mol. The van der Waals surface area contributed by atoms with E-state index in [9.17, 15) is 14.4 Å². The molecule has 0 radical (unpaired) electrons. The summed E-state index contributed by atoms with van der Waals surface area (Å²) in [7, 11) is 1.70. The van der Waals surface area contributed by atoms with E-state index in [0.717, 1.165) is 32.5 Å². The van der Waals surface area contributed by atoms with Crippen molar-refractivity contribution in [2.24, 2.45) is 5.92 Å². The molecule has 1 amide bonds. The second-order valence-corrected chi connectivity index (χ2v) is 6.88. The summed E-state index contributed by atoms with van der Waals surface area (Å²) in [6.45, 7) is 3.56. The van der Waals surface area contributed by atoms with Crippen molar-refractivity contribution < 1.29 is 4.79 Å². The average Bonchev–Trinajstić information content (AvgIpc) is 2.64. The molecule has 2 N–H and O–H groups in total. The number of hydrogen-bond acceptors (Lipinski definition) is 4. The zero-order valence-corrected chi connectivity index (χ0v) is 14.9. The highest BCUT2D eigenvalue weighted by atomic mass is 16.2. The third kappa shape index (κ3) is 4.49. The van der Waals surface area contributed by atoms with Crippen molar-refractivity contribution in [2.75, 3.05) is 26.7 Å². The van der Waals surface area contributed by atoms with Crippen LogP contribution >= 0.6 is 0 Å². The van der Waals surface area contributed by atoms with E-state index >= 15 is 0 Å². The van der Waals surface area contributed by atoms with Crippen LogP contribution in [0.4, 0.5) is 0 Å². The zero-order chi connectivity index (χ0) is 18.5. The number of aromatic nitrogens is 2. The van der Waals surface area contributed by atoms with Gasteiger partial charge in [-0.2, -0.15) is 0 Å². The summed E-state index contributed by atoms with van der Waals surface area (Å²) in [5.74, 6) is 0.0482. The summed E-state index contributed by atoms with van der Waals surface area (Å²) >= 11 is 0. The highest BCUT2D eigenvalue weighted by molar-refractivity contribution is 5.93. The first-order chi connectivity index (χ1) is 12.5. The molecule has 1 aromatic carbocycles. The van der Waals surface area contributed by atoms with Gasteiger partial charge in [0.15, 0.2) is 0 Å². The lowest BCUT2D eigenvalue weighted by atomic mass is 9.95. The second kappa shape index (κ2) is 8.14. The van der Waals surface area contributed by atoms with Gasteiger partial charge in [0, 0.05) is 26.3 Å². The van der Waals surface area contributed by atoms with Gasteiger partial charge < -0.3 is 9.88 Å². The van der Waals surface area contributed by atoms with E-state index in [0.29, 0.717) is 12.5 Å². The lowest BCUT2D eigenvalue weighted by Crippen LogP contribution is -2.40. The van der Waals surface area contributed by atoms with Crippen LogP contribution in [-0.2, 0) is 6.54 Å². The lowest BCUT2D eigenvalue weighted by Gasteiger charge is -2.33. The first kappa shape index (κ1) is 18.1. The van der Waals surface area contributed by atoms with Gasteiger partial charge >= 0.3 is 5.69 Å². The molecule has 1 aliphatic rings. The molecule has 1 aromatic heterocycles. The summed E-state index contributed by atoms with van der Waals surface area (Å²) < 4.78 is 0. The molecule has 26 heavy (non-hydrogen) atoms. The van der Waals surface area contributed by atoms with Crippen molar-refractivity contribution in [2.45, 2.75) is 19.4 Å². The Morgan fingerprint density at radius 1 is 1.19 bits per heavy atom. The summed E-state index contributed by atoms with van der Waals surface area (Å²) in [5.41, 5.74) is 0.0208. The zero-order valence-electron chi connectivity index (χ0n) is 14.9. The largest absolute Gasteiger partial charge is 0.341 e. The van der Waals surface area contributed by atoms with E-state index in [1.807, 2.05) is 6.07 Å². The van der Waals surface area contributed by atoms with Crippen LogP contribution in [0, 0.1) is 5.92 Å². The number of nitrogens with one attached hydrogen (secondary N) is 2. The average molecular weight is 356 g/mol. The van der Waals surface area contributed by atoms with Gasteiger partial charge in [-0.3, -0.25) is 19.5 Å². The second-order valence-electron chi connectivity index (χ2n) is 6.88. The Bertz CT molecular complexity index is 851. The van der Waals surface area contributed by atoms with Gasteiger partial charge in [0.05, 0.1) is 0 Å². The van der Waals surface area contributed by atoms with Crippen LogP contribution in [0.25, 0.3) is 0 Å². The highest BCUT2D eigenvalue weighted by Crippen LogP contribution is 2.20. The quantitative estimate of drug-likeness (QED) is 0.838. The van der Waals surface area contributed by atoms with E-state index in [4.69, 9.17) is 0 Å². The summed E-state index contributed by atoms with van der Waals surface area (Å²) in [6.07, 6.45) is 3.22. The molecule has 0 spiro atoms. The van der Waals surface area contributed by atoms with Crippen LogP contribution in [-0.4, -0.2) is 52.4 Å². The Morgan fingerprint density at radius 3 is 2.54 bits per heavy atom. The van der Waals surface area contributed by atoms with Gasteiger partial charge in [-0.1, -0.05) is 30.3 Å². The molecule has 0 aliphatic carbocycles. The molecule has 1 fully saturated rings. The SMILES string of the molecule is CN(CC1CCN(Cc2ccccc2)CC1)C(=O)c1c[nH]c(=O)[nH]c1=O. The summed E-state index contributed by atoms with van der Waals surface area (Å²) in [4.78, 5) is 43.7. The Labute approximate surface area is 151 Å². The highest BCUT2D eigenvalue weighted by Gasteiger charge is 2.23. The van der Waals surface area contributed by atoms with Crippen molar-refractivity contribution in [3.8, 4) is 0 Å². The molecular formula is C19H24N4O3. The van der Waals surface area contributed by atoms with Crippen molar-refractivity contribution in [3.05, 3.63) is 68.5 Å². The molecular weight excluding hydrogens is 332 g/mol. The van der Waals surface area contributed by atoms with Crippen LogP contribution < -0.4 is 11.2 Å². The topological polar surface area (TPSA) is 89.3 Å². The summed E-state index contributed by atoms with van der Waals surface area (Å²) in [6, 6.07) is 10.4. The van der Waals surface area contributed by atoms with Gasteiger partial charge in [0.25, 0.3) is 11.5 Å². The van der Waals surface area contributed by atoms with Gasteiger partial charge in [-0.15, -0.1) is 0 Å². The van der Waals surface area contributed by atoms with Gasteiger partial charge in [-0.05, 0) is 37.4 Å².